The molecule has 2 aromatic heterocycles. The smallest absolute Gasteiger partial charge is 0.419 e. The van der Waals surface area contributed by atoms with Gasteiger partial charge in [0.05, 0.1) is 16.9 Å². The number of piperazine rings is 1. The number of rotatable bonds is 10. The highest BCUT2D eigenvalue weighted by Gasteiger charge is 2.41. The maximum absolute atomic E-state index is 14.5. The van der Waals surface area contributed by atoms with Gasteiger partial charge in [0.15, 0.2) is 0 Å². The van der Waals surface area contributed by atoms with Gasteiger partial charge in [-0.25, -0.2) is 19.0 Å². The SMILES string of the molecule is CC(C)(C)OC(=O)c1cc2cc(NC(=O)C(Cc3ccc(NC(=O)N4CCCC(CO)C4)cc3)N3CCN(c4cc(Cl)ccc4-n4cnnn4)C(=O)C3=O)ccc2n1C(=O)OC(C)(C)C. The van der Waals surface area contributed by atoms with E-state index in [1.54, 1.807) is 101 Å². The van der Waals surface area contributed by atoms with Crippen LogP contribution in [0.3, 0.4) is 0 Å². The number of benzene rings is 3. The number of aromatic nitrogens is 5. The molecule has 7 rings (SSSR count). The second-order valence-electron chi connectivity index (χ2n) is 17.9. The number of anilines is 3. The van der Waals surface area contributed by atoms with Gasteiger partial charge in [-0.3, -0.25) is 14.4 Å². The van der Waals surface area contributed by atoms with Crippen LogP contribution in [0, 0.1) is 5.92 Å². The Balaban J connectivity index is 1.18. The Kier molecular flexibility index (Phi) is 13.3. The maximum atomic E-state index is 14.5. The summed E-state index contributed by atoms with van der Waals surface area (Å²) in [5.41, 5.74) is 0.548. The molecule has 5 amide bonds. The topological polar surface area (TPSA) is 223 Å². The monoisotopic (exact) mass is 910 g/mol. The fraction of sp³-hybridized carbons (Fsp3) is 0.400. The summed E-state index contributed by atoms with van der Waals surface area (Å²) in [6.45, 7) is 11.2. The van der Waals surface area contributed by atoms with Crippen LogP contribution in [0.2, 0.25) is 5.02 Å². The Morgan fingerprint density at radius 3 is 2.25 bits per heavy atom. The molecular weight excluding hydrogens is 860 g/mol. The van der Waals surface area contributed by atoms with Crippen molar-refractivity contribution < 1.29 is 43.3 Å². The lowest BCUT2D eigenvalue weighted by Crippen LogP contribution is -2.60. The molecule has 3 aromatic carbocycles. The molecule has 2 fully saturated rings. The van der Waals surface area contributed by atoms with Crippen LogP contribution in [0.4, 0.5) is 26.7 Å². The second-order valence-corrected chi connectivity index (χ2v) is 18.4. The first-order valence-corrected chi connectivity index (χ1v) is 21.5. The largest absolute Gasteiger partial charge is 0.455 e. The Labute approximate surface area is 379 Å². The normalized spacial score (nSPS) is 16.4. The van der Waals surface area contributed by atoms with E-state index in [2.05, 4.69) is 26.2 Å². The summed E-state index contributed by atoms with van der Waals surface area (Å²) in [7, 11) is 0. The molecule has 0 spiro atoms. The second kappa shape index (κ2) is 18.7. The molecule has 3 N–H and O–H groups in total. The number of nitrogens with one attached hydrogen (secondary N) is 2. The average Bonchev–Trinajstić information content (AvgIpc) is 3.92. The van der Waals surface area contributed by atoms with E-state index >= 15 is 0 Å². The van der Waals surface area contributed by atoms with Crippen molar-refractivity contribution in [2.24, 2.45) is 5.92 Å². The number of piperidine rings is 1. The predicted molar refractivity (Wildman–Crippen MR) is 240 cm³/mol. The molecular formula is C45H51ClN10O9. The molecule has 342 valence electrons. The molecule has 20 heteroatoms. The van der Waals surface area contributed by atoms with E-state index in [9.17, 15) is 33.9 Å². The lowest BCUT2D eigenvalue weighted by molar-refractivity contribution is -0.149. The lowest BCUT2D eigenvalue weighted by Gasteiger charge is -2.38. The summed E-state index contributed by atoms with van der Waals surface area (Å²) in [6.07, 6.45) is 2.14. The summed E-state index contributed by atoms with van der Waals surface area (Å²) in [5.74, 6) is -3.23. The number of nitrogens with zero attached hydrogens (tertiary/aromatic N) is 8. The number of aliphatic hydroxyl groups is 1. The van der Waals surface area contributed by atoms with Crippen LogP contribution >= 0.6 is 11.6 Å². The number of tetrazole rings is 1. The zero-order valence-electron chi connectivity index (χ0n) is 36.9. The molecule has 0 aliphatic carbocycles. The number of likely N-dealkylation sites (tertiary alicyclic amines) is 1. The van der Waals surface area contributed by atoms with Crippen molar-refractivity contribution in [1.29, 1.82) is 0 Å². The van der Waals surface area contributed by atoms with Gasteiger partial charge in [0.1, 0.15) is 29.3 Å². The third-order valence-electron chi connectivity index (χ3n) is 10.7. The minimum atomic E-state index is -1.23. The highest BCUT2D eigenvalue weighted by atomic mass is 35.5. The van der Waals surface area contributed by atoms with Crippen LogP contribution in [-0.4, -0.2) is 126 Å². The number of fused-ring (bicyclic) bond motifs is 1. The van der Waals surface area contributed by atoms with Crippen LogP contribution in [0.15, 0.2) is 73.1 Å². The number of carbonyl (C=O) groups is 6. The number of aliphatic hydroxyl groups excluding tert-OH is 1. The van der Waals surface area contributed by atoms with Crippen LogP contribution in [0.5, 0.6) is 0 Å². The van der Waals surface area contributed by atoms with Crippen molar-refractivity contribution in [3.05, 3.63) is 89.3 Å². The maximum Gasteiger partial charge on any atom is 0.419 e. The first-order valence-electron chi connectivity index (χ1n) is 21.1. The minimum Gasteiger partial charge on any atom is -0.455 e. The Morgan fingerprint density at radius 1 is 0.846 bits per heavy atom. The van der Waals surface area contributed by atoms with E-state index in [1.807, 2.05) is 0 Å². The third kappa shape index (κ3) is 10.7. The number of hydrogen-bond acceptors (Lipinski definition) is 12. The number of urea groups is 1. The Bertz CT molecular complexity index is 2620. The van der Waals surface area contributed by atoms with Crippen LogP contribution < -0.4 is 15.5 Å². The van der Waals surface area contributed by atoms with Gasteiger partial charge in [0.25, 0.3) is 0 Å². The number of hydrogen-bond donors (Lipinski definition) is 3. The van der Waals surface area contributed by atoms with Gasteiger partial charge in [-0.15, -0.1) is 5.10 Å². The van der Waals surface area contributed by atoms with Gasteiger partial charge >= 0.3 is 29.9 Å². The number of halogens is 1. The first kappa shape index (κ1) is 46.1. The zero-order chi connectivity index (χ0) is 46.8. The molecule has 2 aliphatic heterocycles. The number of ether oxygens (including phenoxy) is 2. The zero-order valence-corrected chi connectivity index (χ0v) is 37.7. The quantitative estimate of drug-likeness (QED) is 0.114. The molecule has 2 unspecified atom stereocenters. The first-order chi connectivity index (χ1) is 30.8. The predicted octanol–water partition coefficient (Wildman–Crippen LogP) is 5.67. The summed E-state index contributed by atoms with van der Waals surface area (Å²) >= 11 is 6.36. The van der Waals surface area contributed by atoms with Gasteiger partial charge in [-0.1, -0.05) is 23.7 Å². The van der Waals surface area contributed by atoms with Crippen molar-refractivity contribution >= 4 is 75.4 Å². The van der Waals surface area contributed by atoms with E-state index in [4.69, 9.17) is 21.1 Å². The van der Waals surface area contributed by atoms with E-state index in [-0.39, 0.29) is 55.1 Å². The van der Waals surface area contributed by atoms with Crippen molar-refractivity contribution in [2.45, 2.75) is 78.0 Å². The van der Waals surface area contributed by atoms with Crippen molar-refractivity contribution in [3.8, 4) is 5.69 Å². The fourth-order valence-electron chi connectivity index (χ4n) is 7.75. The summed E-state index contributed by atoms with van der Waals surface area (Å²) in [6, 6.07) is 16.2. The molecule has 5 aromatic rings. The molecule has 4 heterocycles. The van der Waals surface area contributed by atoms with Gasteiger partial charge < -0.3 is 39.9 Å². The minimum absolute atomic E-state index is 0.00394. The van der Waals surface area contributed by atoms with E-state index in [1.165, 1.54) is 32.9 Å². The molecule has 0 bridgehead atoms. The molecule has 2 atom stereocenters. The Morgan fingerprint density at radius 2 is 1.57 bits per heavy atom. The van der Waals surface area contributed by atoms with Crippen molar-refractivity contribution in [2.75, 3.05) is 48.3 Å². The highest BCUT2D eigenvalue weighted by molar-refractivity contribution is 6.41. The summed E-state index contributed by atoms with van der Waals surface area (Å²) < 4.78 is 13.7. The van der Waals surface area contributed by atoms with Gasteiger partial charge in [-0.2, -0.15) is 4.68 Å². The summed E-state index contributed by atoms with van der Waals surface area (Å²) in [5, 5.41) is 27.4. The molecule has 2 saturated heterocycles. The molecule has 0 radical (unpaired) electrons. The van der Waals surface area contributed by atoms with Crippen LogP contribution in [-0.2, 0) is 30.3 Å². The number of amides is 5. The molecule has 19 nitrogen and oxygen atoms in total. The van der Waals surface area contributed by atoms with E-state index in [0.717, 1.165) is 17.4 Å². The standard InChI is InChI=1S/C45H51ClN10O9/c1-44(2,3)64-41(61)37-22-29-21-32(14-16-33(29)56(37)43(63)65-45(4,5)6)48-38(58)36(20-27-9-12-31(13-10-27)49-42(62)52-17-7-8-28(24-52)25-57)54-19-18-53(39(59)40(54)60)35-23-30(46)11-15-34(35)55-26-47-50-51-55/h9-16,21-23,26,28,36,57H,7-8,17-20,24-25H2,1-6H3,(H,48,58)(H,49,62). The fourth-order valence-corrected chi connectivity index (χ4v) is 7.92. The van der Waals surface area contributed by atoms with Crippen LogP contribution in [0.1, 0.15) is 70.4 Å². The van der Waals surface area contributed by atoms with Gasteiger partial charge in [-0.05, 0) is 131 Å². The molecule has 65 heavy (non-hydrogen) atoms. The third-order valence-corrected chi connectivity index (χ3v) is 10.9. The lowest BCUT2D eigenvalue weighted by atomic mass is 9.99. The van der Waals surface area contributed by atoms with Crippen molar-refractivity contribution in [3.63, 3.8) is 0 Å². The van der Waals surface area contributed by atoms with Crippen molar-refractivity contribution in [1.82, 2.24) is 34.6 Å². The van der Waals surface area contributed by atoms with Crippen LogP contribution in [0.25, 0.3) is 16.6 Å². The van der Waals surface area contributed by atoms with Gasteiger partial charge in [0, 0.05) is 61.0 Å². The van der Waals surface area contributed by atoms with Gasteiger partial charge in [0.2, 0.25) is 5.91 Å². The Hall–Kier alpha value is -6.86. The average molecular weight is 911 g/mol. The van der Waals surface area contributed by atoms with E-state index < -0.39 is 47.0 Å². The molecule has 0 saturated carbocycles. The summed E-state index contributed by atoms with van der Waals surface area (Å²) in [4.78, 5) is 87.0. The number of esters is 1. The number of carbonyl (C=O) groups excluding carboxylic acids is 6. The molecule has 2 aliphatic rings. The highest BCUT2D eigenvalue weighted by Crippen LogP contribution is 2.31. The van der Waals surface area contributed by atoms with E-state index in [0.29, 0.717) is 46.0 Å².